The van der Waals surface area contributed by atoms with Gasteiger partial charge in [0.25, 0.3) is 0 Å². The van der Waals surface area contributed by atoms with Crippen LogP contribution in [0.1, 0.15) is 18.4 Å². The van der Waals surface area contributed by atoms with E-state index in [0.717, 1.165) is 10.5 Å². The minimum absolute atomic E-state index is 0.0176. The van der Waals surface area contributed by atoms with Crippen molar-refractivity contribution in [1.82, 2.24) is 5.32 Å². The molecule has 1 unspecified atom stereocenters. The summed E-state index contributed by atoms with van der Waals surface area (Å²) in [7, 11) is 0.543. The molecular weight excluding hydrogens is 236 g/mol. The molecule has 0 radical (unpaired) electrons. The van der Waals surface area contributed by atoms with Crippen LogP contribution in [0.4, 0.5) is 5.69 Å². The summed E-state index contributed by atoms with van der Waals surface area (Å²) in [4.78, 5) is 11.8. The third kappa shape index (κ3) is 4.19. The summed E-state index contributed by atoms with van der Waals surface area (Å²) < 4.78 is 12.0. The van der Waals surface area contributed by atoms with E-state index in [4.69, 9.17) is 5.73 Å². The fourth-order valence-corrected chi connectivity index (χ4v) is 2.79. The Balaban J connectivity index is 2.55. The highest BCUT2D eigenvalue weighted by Crippen LogP contribution is 2.17. The van der Waals surface area contributed by atoms with Gasteiger partial charge >= 0.3 is 0 Å². The van der Waals surface area contributed by atoms with E-state index in [-0.39, 0.29) is 5.91 Å². The van der Waals surface area contributed by atoms with E-state index in [2.05, 4.69) is 5.32 Å². The van der Waals surface area contributed by atoms with Crippen molar-refractivity contribution < 1.29 is 9.00 Å². The maximum Gasteiger partial charge on any atom is 0.219 e. The van der Waals surface area contributed by atoms with Crippen LogP contribution in [0.2, 0.25) is 0 Å². The molecule has 1 aromatic carbocycles. The second kappa shape index (κ2) is 6.39. The van der Waals surface area contributed by atoms with Crippen molar-refractivity contribution in [2.45, 2.75) is 24.7 Å². The first-order valence-electron chi connectivity index (χ1n) is 5.49. The zero-order valence-electron chi connectivity index (χ0n) is 10.2. The molecule has 94 valence electrons. The minimum Gasteiger partial charge on any atom is -0.399 e. The number of aryl methyl sites for hydroxylation is 1. The average Bonchev–Trinajstić information content (AvgIpc) is 2.28. The predicted octanol–water partition coefficient (Wildman–Crippen LogP) is 1.21. The van der Waals surface area contributed by atoms with Crippen LogP contribution in [0, 0.1) is 6.92 Å². The number of carbonyl (C=O) groups excluding carboxylic acids is 1. The Hall–Kier alpha value is -1.36. The monoisotopic (exact) mass is 254 g/mol. The van der Waals surface area contributed by atoms with Crippen LogP contribution in [0.3, 0.4) is 0 Å². The van der Waals surface area contributed by atoms with E-state index >= 15 is 0 Å². The molecule has 1 rings (SSSR count). The van der Waals surface area contributed by atoms with Gasteiger partial charge in [0.05, 0.1) is 10.8 Å². The van der Waals surface area contributed by atoms with Gasteiger partial charge in [0, 0.05) is 29.8 Å². The molecule has 0 fully saturated rings. The summed E-state index contributed by atoms with van der Waals surface area (Å²) >= 11 is 0. The molecule has 0 aromatic heterocycles. The van der Waals surface area contributed by atoms with Gasteiger partial charge in [-0.15, -0.1) is 0 Å². The lowest BCUT2D eigenvalue weighted by atomic mass is 10.2. The highest BCUT2D eigenvalue weighted by molar-refractivity contribution is 7.85. The van der Waals surface area contributed by atoms with Crippen LogP contribution in [-0.2, 0) is 15.6 Å². The van der Waals surface area contributed by atoms with Crippen molar-refractivity contribution in [3.8, 4) is 0 Å². The van der Waals surface area contributed by atoms with E-state index in [0.29, 0.717) is 24.3 Å². The molecule has 0 aliphatic carbocycles. The molecule has 0 spiro atoms. The summed E-state index contributed by atoms with van der Waals surface area (Å²) in [5, 5.41) is 2.54. The zero-order chi connectivity index (χ0) is 12.8. The summed E-state index contributed by atoms with van der Waals surface area (Å²) in [6.45, 7) is 1.89. The van der Waals surface area contributed by atoms with Gasteiger partial charge in [-0.1, -0.05) is 0 Å². The van der Waals surface area contributed by atoms with E-state index in [9.17, 15) is 9.00 Å². The molecule has 0 saturated heterocycles. The number of nitrogen functional groups attached to an aromatic ring is 1. The number of rotatable bonds is 5. The molecule has 3 N–H and O–H groups in total. The van der Waals surface area contributed by atoms with Crippen LogP contribution in [-0.4, -0.2) is 22.9 Å². The van der Waals surface area contributed by atoms with Crippen molar-refractivity contribution >= 4 is 22.4 Å². The highest BCUT2D eigenvalue weighted by atomic mass is 32.2. The van der Waals surface area contributed by atoms with Gasteiger partial charge in [0.1, 0.15) is 0 Å². The molecule has 0 heterocycles. The lowest BCUT2D eigenvalue weighted by molar-refractivity contribution is -0.120. The van der Waals surface area contributed by atoms with Gasteiger partial charge in [-0.25, -0.2) is 0 Å². The molecule has 0 aliphatic rings. The second-order valence-corrected chi connectivity index (χ2v) is 5.39. The van der Waals surface area contributed by atoms with Crippen molar-refractivity contribution in [3.05, 3.63) is 23.8 Å². The molecular formula is C12H18N2O2S. The first kappa shape index (κ1) is 13.7. The summed E-state index contributed by atoms with van der Waals surface area (Å²) in [5.41, 5.74) is 7.24. The molecule has 0 aliphatic heterocycles. The van der Waals surface area contributed by atoms with Crippen LogP contribution in [0.15, 0.2) is 23.1 Å². The van der Waals surface area contributed by atoms with Crippen molar-refractivity contribution in [3.63, 3.8) is 0 Å². The highest BCUT2D eigenvalue weighted by Gasteiger charge is 2.08. The number of nitrogens with two attached hydrogens (primary N) is 1. The number of benzene rings is 1. The van der Waals surface area contributed by atoms with Gasteiger partial charge in [-0.05, 0) is 37.1 Å². The fourth-order valence-electron chi connectivity index (χ4n) is 1.53. The van der Waals surface area contributed by atoms with Gasteiger partial charge in [-0.3, -0.25) is 9.00 Å². The lowest BCUT2D eigenvalue weighted by Crippen LogP contribution is -2.18. The maximum absolute atomic E-state index is 12.0. The SMILES string of the molecule is CNC(=O)CCCS(=O)c1ccc(N)cc1C. The Morgan fingerprint density at radius 2 is 2.18 bits per heavy atom. The molecule has 5 heteroatoms. The minimum atomic E-state index is -1.06. The third-order valence-electron chi connectivity index (χ3n) is 2.46. The molecule has 1 aromatic rings. The summed E-state index contributed by atoms with van der Waals surface area (Å²) in [6, 6.07) is 5.35. The van der Waals surface area contributed by atoms with Crippen LogP contribution < -0.4 is 11.1 Å². The summed E-state index contributed by atoms with van der Waals surface area (Å²) in [5.74, 6) is 0.481. The predicted molar refractivity (Wildman–Crippen MR) is 70.2 cm³/mol. The number of anilines is 1. The van der Waals surface area contributed by atoms with Crippen LogP contribution in [0.5, 0.6) is 0 Å². The van der Waals surface area contributed by atoms with Crippen LogP contribution >= 0.6 is 0 Å². The van der Waals surface area contributed by atoms with Gasteiger partial charge < -0.3 is 11.1 Å². The summed E-state index contributed by atoms with van der Waals surface area (Å²) in [6.07, 6.45) is 1.03. The van der Waals surface area contributed by atoms with Gasteiger partial charge in [-0.2, -0.15) is 0 Å². The quantitative estimate of drug-likeness (QED) is 0.776. The Kier molecular flexibility index (Phi) is 5.15. The number of hydrogen-bond acceptors (Lipinski definition) is 3. The van der Waals surface area contributed by atoms with E-state index < -0.39 is 10.8 Å². The third-order valence-corrected chi connectivity index (χ3v) is 4.06. The average molecular weight is 254 g/mol. The van der Waals surface area contributed by atoms with Crippen molar-refractivity contribution in [2.75, 3.05) is 18.5 Å². The van der Waals surface area contributed by atoms with Crippen molar-refractivity contribution in [1.29, 1.82) is 0 Å². The van der Waals surface area contributed by atoms with E-state index in [1.165, 1.54) is 0 Å². The molecule has 0 bridgehead atoms. The standard InChI is InChI=1S/C12H18N2O2S/c1-9-8-10(13)5-6-11(9)17(16)7-3-4-12(15)14-2/h5-6,8H,3-4,7,13H2,1-2H3,(H,14,15). The number of hydrogen-bond donors (Lipinski definition) is 2. The normalized spacial score (nSPS) is 12.1. The second-order valence-electron chi connectivity index (χ2n) is 3.85. The van der Waals surface area contributed by atoms with Gasteiger partial charge in [0.2, 0.25) is 5.91 Å². The first-order valence-corrected chi connectivity index (χ1v) is 6.81. The lowest BCUT2D eigenvalue weighted by Gasteiger charge is -2.06. The number of nitrogens with one attached hydrogen (secondary N) is 1. The molecule has 4 nitrogen and oxygen atoms in total. The molecule has 1 amide bonds. The van der Waals surface area contributed by atoms with E-state index in [1.807, 2.05) is 13.0 Å². The Bertz CT molecular complexity index is 433. The Labute approximate surface area is 104 Å². The van der Waals surface area contributed by atoms with Crippen LogP contribution in [0.25, 0.3) is 0 Å². The Morgan fingerprint density at radius 1 is 1.47 bits per heavy atom. The topological polar surface area (TPSA) is 72.2 Å². The molecule has 1 atom stereocenters. The maximum atomic E-state index is 12.0. The van der Waals surface area contributed by atoms with Gasteiger partial charge in [0.15, 0.2) is 0 Å². The first-order chi connectivity index (χ1) is 8.04. The number of amides is 1. The van der Waals surface area contributed by atoms with E-state index in [1.54, 1.807) is 19.2 Å². The number of carbonyl (C=O) groups is 1. The zero-order valence-corrected chi connectivity index (χ0v) is 11.0. The largest absolute Gasteiger partial charge is 0.399 e. The molecule has 17 heavy (non-hydrogen) atoms. The smallest absolute Gasteiger partial charge is 0.219 e. The Morgan fingerprint density at radius 3 is 2.76 bits per heavy atom. The fraction of sp³-hybridized carbons (Fsp3) is 0.417. The molecule has 0 saturated carbocycles. The van der Waals surface area contributed by atoms with Crippen molar-refractivity contribution in [2.24, 2.45) is 0 Å².